The van der Waals surface area contributed by atoms with Gasteiger partial charge in [0.2, 0.25) is 0 Å². The highest BCUT2D eigenvalue weighted by Crippen LogP contribution is 2.39. The Kier molecular flexibility index (Phi) is 6.61. The second-order valence-electron chi connectivity index (χ2n) is 5.76. The van der Waals surface area contributed by atoms with Crippen LogP contribution in [0, 0.1) is 6.92 Å². The maximum Gasteiger partial charge on any atom is 0.136 e. The Hall–Kier alpha value is -0.970. The molecule has 2 N–H and O–H groups in total. The van der Waals surface area contributed by atoms with Gasteiger partial charge >= 0.3 is 0 Å². The van der Waals surface area contributed by atoms with Crippen LogP contribution in [0.2, 0.25) is 0 Å². The van der Waals surface area contributed by atoms with E-state index in [1.54, 1.807) is 0 Å². The molecule has 0 amide bonds. The molecule has 1 heterocycles. The molecular formula is C16H28N4S. The van der Waals surface area contributed by atoms with Crippen LogP contribution in [0.15, 0.2) is 0 Å². The van der Waals surface area contributed by atoms with Crippen LogP contribution in [0.4, 0.5) is 11.6 Å². The summed E-state index contributed by atoms with van der Waals surface area (Å²) in [5, 5.41) is 6.70. The van der Waals surface area contributed by atoms with Crippen LogP contribution in [0.25, 0.3) is 0 Å². The number of unbranched alkanes of at least 4 members (excludes halogenated alkanes) is 3. The smallest absolute Gasteiger partial charge is 0.136 e. The van der Waals surface area contributed by atoms with Crippen molar-refractivity contribution >= 4 is 23.4 Å². The van der Waals surface area contributed by atoms with Crippen LogP contribution in [0.3, 0.4) is 0 Å². The molecule has 1 aliphatic rings. The molecule has 0 saturated heterocycles. The molecule has 0 atom stereocenters. The molecule has 2 rings (SSSR count). The fraction of sp³-hybridized carbons (Fsp3) is 0.750. The van der Waals surface area contributed by atoms with E-state index in [0.29, 0.717) is 5.92 Å². The van der Waals surface area contributed by atoms with E-state index in [2.05, 4.69) is 28.8 Å². The van der Waals surface area contributed by atoms with Gasteiger partial charge in [-0.05, 0) is 44.6 Å². The van der Waals surface area contributed by atoms with Crippen LogP contribution < -0.4 is 10.6 Å². The van der Waals surface area contributed by atoms with Crippen molar-refractivity contribution in [3.05, 3.63) is 11.4 Å². The Bertz CT molecular complexity index is 446. The lowest BCUT2D eigenvalue weighted by Crippen LogP contribution is -2.10. The molecule has 118 valence electrons. The molecule has 0 spiro atoms. The van der Waals surface area contributed by atoms with Gasteiger partial charge in [-0.15, -0.1) is 0 Å². The normalized spacial score (nSPS) is 14.2. The van der Waals surface area contributed by atoms with Gasteiger partial charge in [-0.25, -0.2) is 9.97 Å². The summed E-state index contributed by atoms with van der Waals surface area (Å²) in [6.45, 7) is 3.09. The van der Waals surface area contributed by atoms with Gasteiger partial charge in [-0.3, -0.25) is 0 Å². The number of nitrogens with one attached hydrogen (secondary N) is 2. The molecule has 1 aromatic rings. The Balaban J connectivity index is 1.82. The fourth-order valence-corrected chi connectivity index (χ4v) is 2.90. The molecule has 1 saturated carbocycles. The van der Waals surface area contributed by atoms with E-state index in [0.717, 1.165) is 29.6 Å². The Morgan fingerprint density at radius 3 is 2.48 bits per heavy atom. The number of hydrogen-bond acceptors (Lipinski definition) is 5. The van der Waals surface area contributed by atoms with Crippen molar-refractivity contribution in [1.82, 2.24) is 9.97 Å². The van der Waals surface area contributed by atoms with E-state index >= 15 is 0 Å². The zero-order valence-corrected chi connectivity index (χ0v) is 14.4. The second kappa shape index (κ2) is 8.47. The van der Waals surface area contributed by atoms with Crippen LogP contribution in [-0.4, -0.2) is 35.6 Å². The van der Waals surface area contributed by atoms with E-state index in [1.807, 2.05) is 18.8 Å². The third-order valence-electron chi connectivity index (χ3n) is 3.91. The molecule has 0 aliphatic heterocycles. The summed E-state index contributed by atoms with van der Waals surface area (Å²) in [6, 6.07) is 0. The van der Waals surface area contributed by atoms with Crippen LogP contribution in [-0.2, 0) is 0 Å². The molecule has 4 nitrogen and oxygen atoms in total. The molecule has 1 aromatic heterocycles. The monoisotopic (exact) mass is 308 g/mol. The zero-order chi connectivity index (χ0) is 15.1. The molecule has 21 heavy (non-hydrogen) atoms. The summed E-state index contributed by atoms with van der Waals surface area (Å²) in [4.78, 5) is 9.35. The van der Waals surface area contributed by atoms with Crippen molar-refractivity contribution in [2.24, 2.45) is 0 Å². The van der Waals surface area contributed by atoms with Crippen molar-refractivity contribution in [1.29, 1.82) is 0 Å². The predicted molar refractivity (Wildman–Crippen MR) is 93.6 cm³/mol. The summed E-state index contributed by atoms with van der Waals surface area (Å²) < 4.78 is 0. The number of anilines is 2. The van der Waals surface area contributed by atoms with Gasteiger partial charge in [-0.2, -0.15) is 11.8 Å². The number of rotatable bonds is 10. The number of aromatic nitrogens is 2. The van der Waals surface area contributed by atoms with Gasteiger partial charge in [0, 0.05) is 25.1 Å². The van der Waals surface area contributed by atoms with E-state index in [1.165, 1.54) is 44.3 Å². The molecule has 0 aromatic carbocycles. The third kappa shape index (κ3) is 5.06. The largest absolute Gasteiger partial charge is 0.373 e. The molecule has 0 bridgehead atoms. The summed E-state index contributed by atoms with van der Waals surface area (Å²) >= 11 is 1.94. The second-order valence-corrected chi connectivity index (χ2v) is 6.75. The quantitative estimate of drug-likeness (QED) is 0.639. The highest BCUT2D eigenvalue weighted by molar-refractivity contribution is 7.98. The molecule has 1 aliphatic carbocycles. The van der Waals surface area contributed by atoms with Crippen molar-refractivity contribution < 1.29 is 0 Å². The van der Waals surface area contributed by atoms with Crippen LogP contribution in [0.5, 0.6) is 0 Å². The van der Waals surface area contributed by atoms with E-state index < -0.39 is 0 Å². The topological polar surface area (TPSA) is 49.8 Å². The van der Waals surface area contributed by atoms with E-state index in [-0.39, 0.29) is 0 Å². The van der Waals surface area contributed by atoms with E-state index in [9.17, 15) is 0 Å². The van der Waals surface area contributed by atoms with Gasteiger partial charge in [0.25, 0.3) is 0 Å². The maximum atomic E-state index is 4.72. The number of thioether (sulfide) groups is 1. The summed E-state index contributed by atoms with van der Waals surface area (Å²) in [7, 11) is 1.93. The van der Waals surface area contributed by atoms with Crippen molar-refractivity contribution in [3.8, 4) is 0 Å². The molecule has 0 radical (unpaired) electrons. The molecular weight excluding hydrogens is 280 g/mol. The lowest BCUT2D eigenvalue weighted by molar-refractivity contribution is 0.687. The Morgan fingerprint density at radius 2 is 1.81 bits per heavy atom. The van der Waals surface area contributed by atoms with Gasteiger partial charge in [0.1, 0.15) is 17.5 Å². The van der Waals surface area contributed by atoms with Gasteiger partial charge < -0.3 is 10.6 Å². The summed E-state index contributed by atoms with van der Waals surface area (Å²) in [6.07, 6.45) is 9.83. The van der Waals surface area contributed by atoms with Gasteiger partial charge in [0.15, 0.2) is 0 Å². The Labute approximate surface area is 132 Å². The standard InChI is InChI=1S/C16H28N4S/c1-12-14(17-2)19-16(13-8-9-13)20-15(12)18-10-6-4-5-7-11-21-3/h13H,4-11H2,1-3H3,(H2,17,18,19,20). The first-order chi connectivity index (χ1) is 10.3. The van der Waals surface area contributed by atoms with Crippen molar-refractivity contribution in [2.75, 3.05) is 36.2 Å². The van der Waals surface area contributed by atoms with Crippen LogP contribution in [0.1, 0.15) is 55.8 Å². The van der Waals surface area contributed by atoms with Crippen LogP contribution >= 0.6 is 11.8 Å². The maximum absolute atomic E-state index is 4.72. The minimum absolute atomic E-state index is 0.588. The van der Waals surface area contributed by atoms with Gasteiger partial charge in [-0.1, -0.05) is 12.8 Å². The summed E-state index contributed by atoms with van der Waals surface area (Å²) in [5.74, 6) is 4.86. The molecule has 1 fully saturated rings. The zero-order valence-electron chi connectivity index (χ0n) is 13.5. The van der Waals surface area contributed by atoms with Crippen molar-refractivity contribution in [2.45, 2.75) is 51.4 Å². The summed E-state index contributed by atoms with van der Waals surface area (Å²) in [5.41, 5.74) is 1.13. The highest BCUT2D eigenvalue weighted by Gasteiger charge is 2.28. The lowest BCUT2D eigenvalue weighted by atomic mass is 10.2. The first-order valence-electron chi connectivity index (χ1n) is 8.05. The average molecular weight is 308 g/mol. The Morgan fingerprint density at radius 1 is 1.10 bits per heavy atom. The highest BCUT2D eigenvalue weighted by atomic mass is 32.2. The van der Waals surface area contributed by atoms with Crippen molar-refractivity contribution in [3.63, 3.8) is 0 Å². The average Bonchev–Trinajstić information content (AvgIpc) is 3.32. The number of hydrogen-bond donors (Lipinski definition) is 2. The first kappa shape index (κ1) is 16.4. The van der Waals surface area contributed by atoms with E-state index in [4.69, 9.17) is 4.98 Å². The molecule has 0 unspecified atom stereocenters. The fourth-order valence-electron chi connectivity index (χ4n) is 2.41. The first-order valence-corrected chi connectivity index (χ1v) is 9.44. The van der Waals surface area contributed by atoms with Gasteiger partial charge in [0.05, 0.1) is 0 Å². The lowest BCUT2D eigenvalue weighted by Gasteiger charge is -2.13. The minimum Gasteiger partial charge on any atom is -0.373 e. The predicted octanol–water partition coefficient (Wildman–Crippen LogP) is 4.04. The SMILES string of the molecule is CNc1nc(C2CC2)nc(NCCCCCCSC)c1C. The molecule has 5 heteroatoms. The third-order valence-corrected chi connectivity index (χ3v) is 4.61. The number of nitrogens with zero attached hydrogens (tertiary/aromatic N) is 2. The minimum atomic E-state index is 0.588.